The van der Waals surface area contributed by atoms with E-state index in [2.05, 4.69) is 35.0 Å². The highest BCUT2D eigenvalue weighted by Gasteiger charge is 2.51. The molecule has 2 aliphatic rings. The van der Waals surface area contributed by atoms with Crippen molar-refractivity contribution in [3.63, 3.8) is 0 Å². The number of rotatable bonds is 4. The minimum absolute atomic E-state index is 0.0302. The summed E-state index contributed by atoms with van der Waals surface area (Å²) >= 11 is 0. The molecule has 2 fully saturated rings. The SMILES string of the molecule is CC1CC2(C1)CC(NC(=O)c1cccc3ccn(Cc4ccc(C#N)cc4)c13)C2. The van der Waals surface area contributed by atoms with Gasteiger partial charge in [-0.05, 0) is 66.8 Å². The number of hydrogen-bond acceptors (Lipinski definition) is 2. The van der Waals surface area contributed by atoms with Crippen LogP contribution in [0.1, 0.15) is 54.1 Å². The molecule has 2 saturated carbocycles. The summed E-state index contributed by atoms with van der Waals surface area (Å²) in [5.41, 5.74) is 4.01. The molecule has 1 N–H and O–H groups in total. The van der Waals surface area contributed by atoms with E-state index in [0.717, 1.165) is 40.8 Å². The molecule has 0 bridgehead atoms. The summed E-state index contributed by atoms with van der Waals surface area (Å²) in [6.45, 7) is 2.99. The number of aromatic nitrogens is 1. The van der Waals surface area contributed by atoms with Crippen molar-refractivity contribution in [2.75, 3.05) is 0 Å². The summed E-state index contributed by atoms with van der Waals surface area (Å²) in [7, 11) is 0. The molecule has 2 aromatic carbocycles. The summed E-state index contributed by atoms with van der Waals surface area (Å²) in [6, 6.07) is 18.1. The summed E-state index contributed by atoms with van der Waals surface area (Å²) in [5.74, 6) is 0.883. The Balaban J connectivity index is 1.36. The number of amides is 1. The van der Waals surface area contributed by atoms with Crippen LogP contribution in [0.5, 0.6) is 0 Å². The van der Waals surface area contributed by atoms with E-state index in [1.54, 1.807) is 0 Å². The quantitative estimate of drug-likeness (QED) is 0.699. The molecule has 3 aromatic rings. The molecule has 2 aliphatic carbocycles. The first-order valence-electron chi connectivity index (χ1n) is 10.4. The Bertz CT molecular complexity index is 1110. The van der Waals surface area contributed by atoms with Gasteiger partial charge in [0.2, 0.25) is 0 Å². The summed E-state index contributed by atoms with van der Waals surface area (Å²) in [4.78, 5) is 13.1. The van der Waals surface area contributed by atoms with E-state index in [1.165, 1.54) is 12.8 Å². The molecule has 5 rings (SSSR count). The largest absolute Gasteiger partial charge is 0.349 e. The lowest BCUT2D eigenvalue weighted by Gasteiger charge is -2.57. The standard InChI is InChI=1S/C25H25N3O/c1-17-11-25(12-17)13-21(14-25)27-24(29)22-4-2-3-20-9-10-28(23(20)22)16-19-7-5-18(15-26)6-8-19/h2-10,17,21H,11-14,16H2,1H3,(H,27,29). The number of carbonyl (C=O) groups excluding carboxylic acids is 1. The molecule has 0 saturated heterocycles. The van der Waals surface area contributed by atoms with E-state index in [4.69, 9.17) is 5.26 Å². The van der Waals surface area contributed by atoms with Crippen LogP contribution in [0.25, 0.3) is 10.9 Å². The lowest BCUT2D eigenvalue weighted by Crippen LogP contribution is -2.55. The van der Waals surface area contributed by atoms with Gasteiger partial charge in [-0.1, -0.05) is 31.2 Å². The van der Waals surface area contributed by atoms with Crippen LogP contribution in [0.2, 0.25) is 0 Å². The second kappa shape index (κ2) is 6.77. The zero-order valence-electron chi connectivity index (χ0n) is 16.7. The average Bonchev–Trinajstić information content (AvgIpc) is 3.08. The number of nitrogens with one attached hydrogen (secondary N) is 1. The van der Waals surface area contributed by atoms with Gasteiger partial charge < -0.3 is 9.88 Å². The first-order valence-corrected chi connectivity index (χ1v) is 10.4. The lowest BCUT2D eigenvalue weighted by atomic mass is 9.50. The third-order valence-electron chi connectivity index (χ3n) is 6.73. The van der Waals surface area contributed by atoms with Crippen LogP contribution in [0, 0.1) is 22.7 Å². The van der Waals surface area contributed by atoms with Gasteiger partial charge in [0.05, 0.1) is 22.7 Å². The van der Waals surface area contributed by atoms with Gasteiger partial charge >= 0.3 is 0 Å². The van der Waals surface area contributed by atoms with Crippen LogP contribution in [0.4, 0.5) is 0 Å². The predicted molar refractivity (Wildman–Crippen MR) is 114 cm³/mol. The Labute approximate surface area is 171 Å². The maximum Gasteiger partial charge on any atom is 0.253 e. The molecule has 0 atom stereocenters. The summed E-state index contributed by atoms with van der Waals surface area (Å²) < 4.78 is 2.13. The Morgan fingerprint density at radius 2 is 1.90 bits per heavy atom. The van der Waals surface area contributed by atoms with Crippen molar-refractivity contribution in [2.24, 2.45) is 11.3 Å². The zero-order valence-corrected chi connectivity index (χ0v) is 16.7. The number of nitriles is 1. The van der Waals surface area contributed by atoms with Crippen LogP contribution in [0.15, 0.2) is 54.7 Å². The first kappa shape index (κ1) is 18.0. The van der Waals surface area contributed by atoms with Gasteiger partial charge in [0.15, 0.2) is 0 Å². The van der Waals surface area contributed by atoms with Crippen molar-refractivity contribution < 1.29 is 4.79 Å². The van der Waals surface area contributed by atoms with Crippen LogP contribution >= 0.6 is 0 Å². The second-order valence-electron chi connectivity index (χ2n) is 9.09. The fraction of sp³-hybridized carbons (Fsp3) is 0.360. The molecule has 29 heavy (non-hydrogen) atoms. The van der Waals surface area contributed by atoms with Gasteiger partial charge in [-0.2, -0.15) is 5.26 Å². The van der Waals surface area contributed by atoms with E-state index < -0.39 is 0 Å². The summed E-state index contributed by atoms with van der Waals surface area (Å²) in [5, 5.41) is 13.3. The molecule has 4 heteroatoms. The second-order valence-corrected chi connectivity index (χ2v) is 9.09. The molecule has 1 heterocycles. The minimum atomic E-state index is 0.0302. The molecule has 1 amide bonds. The third-order valence-corrected chi connectivity index (χ3v) is 6.73. The molecule has 146 valence electrons. The molecule has 0 unspecified atom stereocenters. The normalized spacial score (nSPS) is 25.2. The fourth-order valence-corrected chi connectivity index (χ4v) is 5.56. The van der Waals surface area contributed by atoms with Crippen molar-refractivity contribution in [1.29, 1.82) is 5.26 Å². The number of para-hydroxylation sites is 1. The third kappa shape index (κ3) is 3.21. The molecule has 1 aromatic heterocycles. The zero-order chi connectivity index (χ0) is 20.0. The molecule has 0 aliphatic heterocycles. The monoisotopic (exact) mass is 383 g/mol. The van der Waals surface area contributed by atoms with Gasteiger partial charge in [-0.3, -0.25) is 4.79 Å². The number of fused-ring (bicyclic) bond motifs is 1. The van der Waals surface area contributed by atoms with E-state index in [0.29, 0.717) is 23.6 Å². The van der Waals surface area contributed by atoms with Crippen molar-refractivity contribution in [3.05, 3.63) is 71.4 Å². The van der Waals surface area contributed by atoms with Gasteiger partial charge in [0, 0.05) is 24.2 Å². The van der Waals surface area contributed by atoms with Crippen molar-refractivity contribution in [2.45, 2.75) is 45.2 Å². The molecular weight excluding hydrogens is 358 g/mol. The summed E-state index contributed by atoms with van der Waals surface area (Å²) in [6.07, 6.45) is 6.94. The highest BCUT2D eigenvalue weighted by atomic mass is 16.1. The van der Waals surface area contributed by atoms with Crippen LogP contribution in [-0.4, -0.2) is 16.5 Å². The van der Waals surface area contributed by atoms with Crippen molar-refractivity contribution in [1.82, 2.24) is 9.88 Å². The van der Waals surface area contributed by atoms with Gasteiger partial charge in [-0.15, -0.1) is 0 Å². The van der Waals surface area contributed by atoms with Crippen LogP contribution in [-0.2, 0) is 6.54 Å². The number of carbonyl (C=O) groups is 1. The van der Waals surface area contributed by atoms with Gasteiger partial charge in [0.1, 0.15) is 0 Å². The van der Waals surface area contributed by atoms with Crippen molar-refractivity contribution in [3.8, 4) is 6.07 Å². The number of benzene rings is 2. The van der Waals surface area contributed by atoms with Crippen LogP contribution < -0.4 is 5.32 Å². The lowest BCUT2D eigenvalue weighted by molar-refractivity contribution is -0.0399. The molecule has 0 radical (unpaired) electrons. The topological polar surface area (TPSA) is 57.8 Å². The smallest absolute Gasteiger partial charge is 0.253 e. The Morgan fingerprint density at radius 3 is 2.59 bits per heavy atom. The van der Waals surface area contributed by atoms with E-state index in [1.807, 2.05) is 42.6 Å². The maximum absolute atomic E-state index is 13.1. The molecule has 4 nitrogen and oxygen atoms in total. The number of hydrogen-bond donors (Lipinski definition) is 1. The van der Waals surface area contributed by atoms with E-state index >= 15 is 0 Å². The predicted octanol–water partition coefficient (Wildman–Crippen LogP) is 4.87. The Hall–Kier alpha value is -3.06. The highest BCUT2D eigenvalue weighted by molar-refractivity contribution is 6.06. The molecule has 1 spiro atoms. The average molecular weight is 383 g/mol. The maximum atomic E-state index is 13.1. The van der Waals surface area contributed by atoms with Crippen LogP contribution in [0.3, 0.4) is 0 Å². The Morgan fingerprint density at radius 1 is 1.14 bits per heavy atom. The van der Waals surface area contributed by atoms with E-state index in [-0.39, 0.29) is 5.91 Å². The minimum Gasteiger partial charge on any atom is -0.349 e. The molecular formula is C25H25N3O. The van der Waals surface area contributed by atoms with Gasteiger partial charge in [-0.25, -0.2) is 0 Å². The van der Waals surface area contributed by atoms with Crippen molar-refractivity contribution >= 4 is 16.8 Å². The Kier molecular flexibility index (Phi) is 4.20. The highest BCUT2D eigenvalue weighted by Crippen LogP contribution is 2.58. The van der Waals surface area contributed by atoms with E-state index in [9.17, 15) is 4.79 Å². The van der Waals surface area contributed by atoms with Gasteiger partial charge in [0.25, 0.3) is 5.91 Å². The first-order chi connectivity index (χ1) is 14.0. The fourth-order valence-electron chi connectivity index (χ4n) is 5.56. The number of nitrogens with zero attached hydrogens (tertiary/aromatic N) is 2.